The van der Waals surface area contributed by atoms with Gasteiger partial charge in [0.25, 0.3) is 0 Å². The van der Waals surface area contributed by atoms with Gasteiger partial charge in [-0.05, 0) is 29.6 Å². The fourth-order valence-corrected chi connectivity index (χ4v) is 4.26. The lowest BCUT2D eigenvalue weighted by Gasteiger charge is -2.59. The quantitative estimate of drug-likeness (QED) is 0.743. The number of hydrogen-bond acceptors (Lipinski definition) is 2. The third-order valence-corrected chi connectivity index (χ3v) is 5.96. The number of fused-ring (bicyclic) bond motifs is 1. The Morgan fingerprint density at radius 2 is 2.00 bits per heavy atom. The van der Waals surface area contributed by atoms with Gasteiger partial charge in [-0.15, -0.1) is 0 Å². The molecule has 0 saturated heterocycles. The molecule has 1 N–H and O–H groups in total. The molecule has 2 nitrogen and oxygen atoms in total. The summed E-state index contributed by atoms with van der Waals surface area (Å²) < 4.78 is 0. The van der Waals surface area contributed by atoms with E-state index in [1.54, 1.807) is 0 Å². The lowest BCUT2D eigenvalue weighted by atomic mass is 9.45. The number of rotatable bonds is 1. The van der Waals surface area contributed by atoms with Crippen molar-refractivity contribution in [1.82, 2.24) is 0 Å². The topological polar surface area (TPSA) is 37.3 Å². The van der Waals surface area contributed by atoms with Crippen molar-refractivity contribution in [1.29, 1.82) is 0 Å². The zero-order valence-corrected chi connectivity index (χ0v) is 10.8. The Kier molecular flexibility index (Phi) is 2.90. The van der Waals surface area contributed by atoms with E-state index in [1.165, 1.54) is 12.8 Å². The van der Waals surface area contributed by atoms with E-state index in [9.17, 15) is 9.90 Å². The van der Waals surface area contributed by atoms with E-state index in [-0.39, 0.29) is 29.1 Å². The van der Waals surface area contributed by atoms with Crippen molar-refractivity contribution < 1.29 is 9.90 Å². The van der Waals surface area contributed by atoms with Crippen LogP contribution in [0.4, 0.5) is 0 Å². The average molecular weight is 224 g/mol. The number of Topliss-reactive ketones (excluding diaryl/α,β-unsaturated/α-hetero) is 1. The molecule has 0 radical (unpaired) electrons. The first-order valence-corrected chi connectivity index (χ1v) is 6.59. The molecule has 2 rings (SSSR count). The Bertz CT molecular complexity index is 299. The van der Waals surface area contributed by atoms with Crippen LogP contribution in [0.2, 0.25) is 0 Å². The van der Waals surface area contributed by atoms with Crippen molar-refractivity contribution in [3.05, 3.63) is 0 Å². The highest BCUT2D eigenvalue weighted by Crippen LogP contribution is 2.62. The van der Waals surface area contributed by atoms with Gasteiger partial charge in [-0.3, -0.25) is 4.79 Å². The van der Waals surface area contributed by atoms with Crippen molar-refractivity contribution in [2.24, 2.45) is 22.7 Å². The summed E-state index contributed by atoms with van der Waals surface area (Å²) in [5, 5.41) is 9.55. The van der Waals surface area contributed by atoms with E-state index in [1.807, 2.05) is 0 Å². The maximum atomic E-state index is 12.0. The number of aliphatic hydroxyl groups excluding tert-OH is 1. The van der Waals surface area contributed by atoms with Crippen molar-refractivity contribution in [2.45, 2.75) is 52.9 Å². The van der Waals surface area contributed by atoms with Crippen LogP contribution < -0.4 is 0 Å². The highest BCUT2D eigenvalue weighted by Gasteiger charge is 2.57. The van der Waals surface area contributed by atoms with Crippen LogP contribution in [0, 0.1) is 22.7 Å². The zero-order chi connectivity index (χ0) is 12.0. The second kappa shape index (κ2) is 3.83. The smallest absolute Gasteiger partial charge is 0.138 e. The fraction of sp³-hybridized carbons (Fsp3) is 0.929. The lowest BCUT2D eigenvalue weighted by molar-refractivity contribution is -0.156. The predicted molar refractivity (Wildman–Crippen MR) is 64.0 cm³/mol. The van der Waals surface area contributed by atoms with Crippen LogP contribution >= 0.6 is 0 Å². The molecule has 0 aromatic carbocycles. The van der Waals surface area contributed by atoms with Gasteiger partial charge in [0.1, 0.15) is 5.78 Å². The molecular formula is C14H24O2. The van der Waals surface area contributed by atoms with Crippen LogP contribution in [0.1, 0.15) is 52.9 Å². The first-order valence-electron chi connectivity index (χ1n) is 6.59. The molecule has 2 saturated carbocycles. The summed E-state index contributed by atoms with van der Waals surface area (Å²) in [7, 11) is 0. The zero-order valence-electron chi connectivity index (χ0n) is 10.8. The molecule has 0 unspecified atom stereocenters. The van der Waals surface area contributed by atoms with Gasteiger partial charge in [0.2, 0.25) is 0 Å². The van der Waals surface area contributed by atoms with Gasteiger partial charge in [-0.25, -0.2) is 0 Å². The summed E-state index contributed by atoms with van der Waals surface area (Å²) in [6, 6.07) is 0. The molecule has 16 heavy (non-hydrogen) atoms. The maximum absolute atomic E-state index is 12.0. The Labute approximate surface area is 98.4 Å². The molecule has 0 aromatic rings. The molecule has 4 atom stereocenters. The van der Waals surface area contributed by atoms with Crippen LogP contribution in [-0.4, -0.2) is 17.5 Å². The number of hydrogen-bond donors (Lipinski definition) is 1. The molecule has 0 heterocycles. The minimum Gasteiger partial charge on any atom is -0.396 e. The van der Waals surface area contributed by atoms with E-state index < -0.39 is 0 Å². The van der Waals surface area contributed by atoms with Crippen molar-refractivity contribution in [2.75, 3.05) is 6.61 Å². The molecular weight excluding hydrogens is 200 g/mol. The van der Waals surface area contributed by atoms with Crippen LogP contribution in [0.5, 0.6) is 0 Å². The Morgan fingerprint density at radius 3 is 2.62 bits per heavy atom. The van der Waals surface area contributed by atoms with Crippen molar-refractivity contribution in [3.63, 3.8) is 0 Å². The predicted octanol–water partition coefficient (Wildman–Crippen LogP) is 2.79. The first-order chi connectivity index (χ1) is 7.45. The maximum Gasteiger partial charge on any atom is 0.138 e. The number of ketones is 1. The van der Waals surface area contributed by atoms with E-state index in [0.717, 1.165) is 12.8 Å². The van der Waals surface area contributed by atoms with Crippen LogP contribution in [0.3, 0.4) is 0 Å². The summed E-state index contributed by atoms with van der Waals surface area (Å²) in [4.78, 5) is 12.0. The van der Waals surface area contributed by atoms with Crippen LogP contribution in [-0.2, 0) is 4.79 Å². The molecule has 92 valence electrons. The van der Waals surface area contributed by atoms with Gasteiger partial charge in [-0.2, -0.15) is 0 Å². The minimum absolute atomic E-state index is 0.0226. The highest BCUT2D eigenvalue weighted by molar-refractivity contribution is 5.83. The fourth-order valence-electron chi connectivity index (χ4n) is 4.26. The van der Waals surface area contributed by atoms with Gasteiger partial charge < -0.3 is 5.11 Å². The Balaban J connectivity index is 2.40. The number of carbonyl (C=O) groups excluding carboxylic acids is 1. The van der Waals surface area contributed by atoms with E-state index in [0.29, 0.717) is 12.3 Å². The first kappa shape index (κ1) is 12.1. The molecule has 0 spiro atoms. The summed E-state index contributed by atoms with van der Waals surface area (Å²) in [6.45, 7) is 6.94. The van der Waals surface area contributed by atoms with Gasteiger partial charge in [0, 0.05) is 12.3 Å². The van der Waals surface area contributed by atoms with Crippen molar-refractivity contribution in [3.8, 4) is 0 Å². The monoisotopic (exact) mass is 224 g/mol. The lowest BCUT2D eigenvalue weighted by Crippen LogP contribution is -2.56. The largest absolute Gasteiger partial charge is 0.396 e. The normalized spacial score (nSPS) is 48.9. The average Bonchev–Trinajstić information content (AvgIpc) is 2.23. The molecule has 0 bridgehead atoms. The van der Waals surface area contributed by atoms with Crippen LogP contribution in [0.25, 0.3) is 0 Å². The van der Waals surface area contributed by atoms with E-state index in [4.69, 9.17) is 0 Å². The number of carbonyl (C=O) groups is 1. The second-order valence-corrected chi connectivity index (χ2v) is 6.33. The van der Waals surface area contributed by atoms with E-state index in [2.05, 4.69) is 20.8 Å². The Hall–Kier alpha value is -0.370. The van der Waals surface area contributed by atoms with Crippen LogP contribution in [0.15, 0.2) is 0 Å². The number of aliphatic hydroxyl groups is 1. The standard InChI is InChI=1S/C14H24O2/c1-10-5-4-7-14(3)11(9-15)12(16)6-8-13(10,14)2/h10-11,15H,4-9H2,1-3H3/t10-,11-,13+,14+/m1/s1. The molecule has 0 aliphatic heterocycles. The summed E-state index contributed by atoms with van der Waals surface area (Å²) >= 11 is 0. The summed E-state index contributed by atoms with van der Waals surface area (Å²) in [5.74, 6) is 0.846. The Morgan fingerprint density at radius 1 is 1.31 bits per heavy atom. The molecule has 0 aromatic heterocycles. The third kappa shape index (κ3) is 1.38. The summed E-state index contributed by atoms with van der Waals surface area (Å²) in [5.41, 5.74) is 0.265. The molecule has 2 aliphatic rings. The SMILES string of the molecule is C[C@@H]1CCC[C@@]2(C)[C@H](CO)C(=O)CC[C@@]12C. The van der Waals surface area contributed by atoms with E-state index >= 15 is 0 Å². The molecule has 0 amide bonds. The van der Waals surface area contributed by atoms with Gasteiger partial charge in [-0.1, -0.05) is 33.6 Å². The van der Waals surface area contributed by atoms with Crippen molar-refractivity contribution >= 4 is 5.78 Å². The molecule has 2 aliphatic carbocycles. The van der Waals surface area contributed by atoms with Gasteiger partial charge >= 0.3 is 0 Å². The van der Waals surface area contributed by atoms with Gasteiger partial charge in [0.05, 0.1) is 6.61 Å². The minimum atomic E-state index is -0.117. The summed E-state index contributed by atoms with van der Waals surface area (Å²) in [6.07, 6.45) is 5.27. The highest BCUT2D eigenvalue weighted by atomic mass is 16.3. The third-order valence-electron chi connectivity index (χ3n) is 5.96. The van der Waals surface area contributed by atoms with Gasteiger partial charge in [0.15, 0.2) is 0 Å². The second-order valence-electron chi connectivity index (χ2n) is 6.33. The molecule has 2 fully saturated rings. The molecule has 2 heteroatoms.